The SMILES string of the molecule is CCCCCn1c(SCC(=O)O)nc2c(C)nn(C)c21. The molecule has 0 aliphatic carbocycles. The lowest BCUT2D eigenvalue weighted by molar-refractivity contribution is -0.133. The first kappa shape index (κ1) is 14.9. The van der Waals surface area contributed by atoms with Gasteiger partial charge in [0.05, 0.1) is 11.4 Å². The van der Waals surface area contributed by atoms with Crippen LogP contribution in [0.1, 0.15) is 31.9 Å². The van der Waals surface area contributed by atoms with Crippen molar-refractivity contribution in [1.82, 2.24) is 19.3 Å². The Balaban J connectivity index is 2.35. The summed E-state index contributed by atoms with van der Waals surface area (Å²) in [5.41, 5.74) is 2.73. The second-order valence-electron chi connectivity index (χ2n) is 4.82. The molecule has 0 radical (unpaired) electrons. The Morgan fingerprint density at radius 2 is 2.15 bits per heavy atom. The summed E-state index contributed by atoms with van der Waals surface area (Å²) in [6.45, 7) is 4.94. The quantitative estimate of drug-likeness (QED) is 0.627. The normalized spacial score (nSPS) is 11.3. The van der Waals surface area contributed by atoms with E-state index in [-0.39, 0.29) is 5.75 Å². The van der Waals surface area contributed by atoms with E-state index in [0.29, 0.717) is 0 Å². The van der Waals surface area contributed by atoms with E-state index in [4.69, 9.17) is 5.11 Å². The van der Waals surface area contributed by atoms with E-state index in [1.165, 1.54) is 11.8 Å². The number of unbranched alkanes of at least 4 members (excludes halogenated alkanes) is 2. The smallest absolute Gasteiger partial charge is 0.313 e. The molecule has 2 aromatic rings. The molecule has 0 fully saturated rings. The fourth-order valence-electron chi connectivity index (χ4n) is 2.27. The molecule has 110 valence electrons. The molecule has 0 bridgehead atoms. The standard InChI is InChI=1S/C13H20N4O2S/c1-4-5-6-7-17-12-11(9(2)15-16(12)3)14-13(17)20-8-10(18)19/h4-8H2,1-3H3,(H,18,19). The van der Waals surface area contributed by atoms with Crippen LogP contribution in [-0.2, 0) is 18.4 Å². The number of carboxylic acid groups (broad SMARTS) is 1. The van der Waals surface area contributed by atoms with Crippen LogP contribution < -0.4 is 0 Å². The van der Waals surface area contributed by atoms with Crippen LogP contribution in [-0.4, -0.2) is 36.2 Å². The maximum atomic E-state index is 10.8. The van der Waals surface area contributed by atoms with E-state index >= 15 is 0 Å². The van der Waals surface area contributed by atoms with Gasteiger partial charge in [-0.15, -0.1) is 0 Å². The first-order chi connectivity index (χ1) is 9.54. The Kier molecular flexibility index (Phi) is 4.69. The van der Waals surface area contributed by atoms with E-state index in [0.717, 1.165) is 47.8 Å². The fraction of sp³-hybridized carbons (Fsp3) is 0.615. The lowest BCUT2D eigenvalue weighted by Crippen LogP contribution is -2.06. The highest BCUT2D eigenvalue weighted by Gasteiger charge is 2.18. The molecule has 2 rings (SSSR count). The monoisotopic (exact) mass is 296 g/mol. The van der Waals surface area contributed by atoms with Gasteiger partial charge in [0.1, 0.15) is 5.52 Å². The summed E-state index contributed by atoms with van der Waals surface area (Å²) in [6.07, 6.45) is 3.37. The van der Waals surface area contributed by atoms with Crippen LogP contribution in [0.15, 0.2) is 5.16 Å². The van der Waals surface area contributed by atoms with Crippen LogP contribution >= 0.6 is 11.8 Å². The maximum absolute atomic E-state index is 10.8. The molecule has 1 N–H and O–H groups in total. The first-order valence-corrected chi connectivity index (χ1v) is 7.77. The molecule has 7 heteroatoms. The predicted molar refractivity (Wildman–Crippen MR) is 79.1 cm³/mol. The number of aromatic nitrogens is 4. The third-order valence-electron chi connectivity index (χ3n) is 3.17. The van der Waals surface area contributed by atoms with Gasteiger partial charge in [-0.2, -0.15) is 5.10 Å². The van der Waals surface area contributed by atoms with Gasteiger partial charge in [-0.3, -0.25) is 9.48 Å². The van der Waals surface area contributed by atoms with Gasteiger partial charge in [0, 0.05) is 13.6 Å². The molecule has 0 aromatic carbocycles. The minimum Gasteiger partial charge on any atom is -0.481 e. The number of aliphatic carboxylic acids is 1. The molecule has 0 saturated carbocycles. The van der Waals surface area contributed by atoms with Crippen molar-refractivity contribution in [2.45, 2.75) is 44.8 Å². The number of rotatable bonds is 7. The Bertz CT molecular complexity index is 617. The average Bonchev–Trinajstić information content (AvgIpc) is 2.87. The molecular weight excluding hydrogens is 276 g/mol. The van der Waals surface area contributed by atoms with E-state index in [2.05, 4.69) is 21.6 Å². The molecule has 20 heavy (non-hydrogen) atoms. The molecule has 6 nitrogen and oxygen atoms in total. The summed E-state index contributed by atoms with van der Waals surface area (Å²) in [7, 11) is 1.90. The lowest BCUT2D eigenvalue weighted by Gasteiger charge is -2.08. The number of hydrogen-bond donors (Lipinski definition) is 1. The Morgan fingerprint density at radius 1 is 1.40 bits per heavy atom. The summed E-state index contributed by atoms with van der Waals surface area (Å²) in [5.74, 6) is -0.791. The summed E-state index contributed by atoms with van der Waals surface area (Å²) in [5, 5.41) is 14.0. The Labute approximate surface area is 122 Å². The molecule has 0 spiro atoms. The Hall–Kier alpha value is -1.50. The zero-order valence-corrected chi connectivity index (χ0v) is 12.9. The van der Waals surface area contributed by atoms with E-state index < -0.39 is 5.97 Å². The second-order valence-corrected chi connectivity index (χ2v) is 5.76. The summed E-state index contributed by atoms with van der Waals surface area (Å²) >= 11 is 1.27. The zero-order valence-electron chi connectivity index (χ0n) is 12.1. The van der Waals surface area contributed by atoms with Gasteiger partial charge in [0.2, 0.25) is 0 Å². The highest BCUT2D eigenvalue weighted by Crippen LogP contribution is 2.26. The number of nitrogens with zero attached hydrogens (tertiary/aromatic N) is 4. The topological polar surface area (TPSA) is 72.9 Å². The lowest BCUT2D eigenvalue weighted by atomic mass is 10.2. The number of aryl methyl sites for hydroxylation is 3. The number of thioether (sulfide) groups is 1. The van der Waals surface area contributed by atoms with Crippen LogP contribution in [0, 0.1) is 6.92 Å². The molecule has 0 saturated heterocycles. The molecule has 0 amide bonds. The molecule has 0 atom stereocenters. The van der Waals surface area contributed by atoms with Gasteiger partial charge < -0.3 is 9.67 Å². The van der Waals surface area contributed by atoms with E-state index in [1.807, 2.05) is 18.7 Å². The van der Waals surface area contributed by atoms with Crippen molar-refractivity contribution in [3.8, 4) is 0 Å². The van der Waals surface area contributed by atoms with Crippen molar-refractivity contribution in [2.75, 3.05) is 5.75 Å². The van der Waals surface area contributed by atoms with Crippen molar-refractivity contribution >= 4 is 28.9 Å². The van der Waals surface area contributed by atoms with Crippen molar-refractivity contribution < 1.29 is 9.90 Å². The first-order valence-electron chi connectivity index (χ1n) is 6.79. The molecular formula is C13H20N4O2S. The van der Waals surface area contributed by atoms with Crippen LogP contribution in [0.3, 0.4) is 0 Å². The predicted octanol–water partition coefficient (Wildman–Crippen LogP) is 2.45. The minimum atomic E-state index is -0.822. The number of carbonyl (C=O) groups is 1. The van der Waals surface area contributed by atoms with Gasteiger partial charge in [0.25, 0.3) is 0 Å². The van der Waals surface area contributed by atoms with Gasteiger partial charge in [-0.25, -0.2) is 4.98 Å². The largest absolute Gasteiger partial charge is 0.481 e. The summed E-state index contributed by atoms with van der Waals surface area (Å²) in [6, 6.07) is 0. The van der Waals surface area contributed by atoms with Crippen LogP contribution in [0.25, 0.3) is 11.2 Å². The highest BCUT2D eigenvalue weighted by molar-refractivity contribution is 7.99. The number of hydrogen-bond acceptors (Lipinski definition) is 4. The van der Waals surface area contributed by atoms with Crippen LogP contribution in [0.5, 0.6) is 0 Å². The van der Waals surface area contributed by atoms with Crippen molar-refractivity contribution in [1.29, 1.82) is 0 Å². The van der Waals surface area contributed by atoms with Crippen LogP contribution in [0.2, 0.25) is 0 Å². The number of carboxylic acids is 1. The van der Waals surface area contributed by atoms with Crippen molar-refractivity contribution in [2.24, 2.45) is 7.05 Å². The van der Waals surface area contributed by atoms with Gasteiger partial charge in [0.15, 0.2) is 10.8 Å². The zero-order chi connectivity index (χ0) is 14.7. The molecule has 0 aliphatic rings. The summed E-state index contributed by atoms with van der Waals surface area (Å²) in [4.78, 5) is 15.3. The van der Waals surface area contributed by atoms with Gasteiger partial charge >= 0.3 is 5.97 Å². The Morgan fingerprint density at radius 3 is 2.80 bits per heavy atom. The van der Waals surface area contributed by atoms with Gasteiger partial charge in [-0.05, 0) is 13.3 Å². The molecule has 2 heterocycles. The molecule has 0 unspecified atom stereocenters. The average molecular weight is 296 g/mol. The highest BCUT2D eigenvalue weighted by atomic mass is 32.2. The van der Waals surface area contributed by atoms with Gasteiger partial charge in [-0.1, -0.05) is 31.5 Å². The third-order valence-corrected chi connectivity index (χ3v) is 4.13. The van der Waals surface area contributed by atoms with Crippen molar-refractivity contribution in [3.05, 3.63) is 5.69 Å². The minimum absolute atomic E-state index is 0.0313. The maximum Gasteiger partial charge on any atom is 0.313 e. The fourth-order valence-corrected chi connectivity index (χ4v) is 3.01. The number of imidazole rings is 1. The molecule has 0 aliphatic heterocycles. The van der Waals surface area contributed by atoms with E-state index in [1.54, 1.807) is 0 Å². The summed E-state index contributed by atoms with van der Waals surface area (Å²) < 4.78 is 3.92. The molecule has 2 aromatic heterocycles. The van der Waals surface area contributed by atoms with Crippen LogP contribution in [0.4, 0.5) is 0 Å². The number of fused-ring (bicyclic) bond motifs is 1. The second kappa shape index (κ2) is 6.30. The van der Waals surface area contributed by atoms with E-state index in [9.17, 15) is 4.79 Å². The third kappa shape index (κ3) is 2.98. The van der Waals surface area contributed by atoms with Crippen molar-refractivity contribution in [3.63, 3.8) is 0 Å².